The lowest BCUT2D eigenvalue weighted by atomic mass is 10.3. The molecule has 2 N–H and O–H groups in total. The van der Waals surface area contributed by atoms with Gasteiger partial charge in [0.1, 0.15) is 0 Å². The first-order valence-electron chi connectivity index (χ1n) is 2.17. The second-order valence-corrected chi connectivity index (χ2v) is 1.80. The Labute approximate surface area is 52.7 Å². The Morgan fingerprint density at radius 2 is 2.25 bits per heavy atom. The Morgan fingerprint density at radius 3 is 2.38 bits per heavy atom. The highest BCUT2D eigenvalue weighted by molar-refractivity contribution is 7.80. The van der Waals surface area contributed by atoms with Gasteiger partial charge in [0.2, 0.25) is 0 Å². The molecule has 48 valence electrons. The number of thiol groups is 1. The zero-order valence-electron chi connectivity index (χ0n) is 4.24. The lowest BCUT2D eigenvalue weighted by Crippen LogP contribution is -2.13. The van der Waals surface area contributed by atoms with Gasteiger partial charge in [-0.05, 0) is 0 Å². The Morgan fingerprint density at radius 1 is 1.75 bits per heavy atom. The topological polar surface area (TPSA) is 57.5 Å². The molecule has 0 spiro atoms. The van der Waals surface area contributed by atoms with Crippen LogP contribution in [0, 0.1) is 0 Å². The zero-order valence-corrected chi connectivity index (χ0v) is 5.14. The molecule has 0 amide bonds. The zero-order chi connectivity index (χ0) is 6.57. The van der Waals surface area contributed by atoms with Crippen molar-refractivity contribution in [3.8, 4) is 0 Å². The molecule has 0 aromatic rings. The summed E-state index contributed by atoms with van der Waals surface area (Å²) in [7, 11) is 0. The molecule has 0 aromatic heterocycles. The van der Waals surface area contributed by atoms with Gasteiger partial charge in [-0.15, -0.1) is 0 Å². The SMILES string of the molecule is O=C(O)CC(O)CS. The van der Waals surface area contributed by atoms with Crippen LogP contribution in [-0.2, 0) is 4.79 Å². The summed E-state index contributed by atoms with van der Waals surface area (Å²) in [4.78, 5) is 9.77. The van der Waals surface area contributed by atoms with Crippen LogP contribution in [0.15, 0.2) is 0 Å². The number of rotatable bonds is 3. The normalized spacial score (nSPS) is 13.2. The summed E-state index contributed by atoms with van der Waals surface area (Å²) in [6.45, 7) is 0. The summed E-state index contributed by atoms with van der Waals surface area (Å²) in [5.41, 5.74) is 0. The van der Waals surface area contributed by atoms with Crippen LogP contribution in [0.3, 0.4) is 0 Å². The maximum atomic E-state index is 9.77. The Bertz CT molecular complexity index is 83.4. The van der Waals surface area contributed by atoms with E-state index in [0.29, 0.717) is 0 Å². The van der Waals surface area contributed by atoms with Gasteiger partial charge in [-0.2, -0.15) is 12.6 Å². The summed E-state index contributed by atoms with van der Waals surface area (Å²) in [5, 5.41) is 16.6. The standard InChI is InChI=1S/C4H8O3S/c5-3(2-8)1-4(6)7/h3,5,8H,1-2H2,(H,6,7). The third-order valence-corrected chi connectivity index (χ3v) is 1.04. The van der Waals surface area contributed by atoms with Gasteiger partial charge in [-0.3, -0.25) is 4.79 Å². The van der Waals surface area contributed by atoms with E-state index < -0.39 is 12.1 Å². The number of aliphatic carboxylic acids is 1. The summed E-state index contributed by atoms with van der Waals surface area (Å²) in [6, 6.07) is 0. The molecule has 0 bridgehead atoms. The Hall–Kier alpha value is -0.220. The van der Waals surface area contributed by atoms with Crippen molar-refractivity contribution in [3.05, 3.63) is 0 Å². The van der Waals surface area contributed by atoms with Gasteiger partial charge in [0.25, 0.3) is 0 Å². The van der Waals surface area contributed by atoms with Crippen molar-refractivity contribution in [2.45, 2.75) is 12.5 Å². The van der Waals surface area contributed by atoms with Crippen molar-refractivity contribution in [2.24, 2.45) is 0 Å². The lowest BCUT2D eigenvalue weighted by molar-refractivity contribution is -0.138. The van der Waals surface area contributed by atoms with Crippen LogP contribution in [-0.4, -0.2) is 28.0 Å². The molecule has 0 rings (SSSR count). The van der Waals surface area contributed by atoms with Crippen molar-refractivity contribution in [2.75, 3.05) is 5.75 Å². The molecule has 0 saturated heterocycles. The molecular formula is C4H8O3S. The van der Waals surface area contributed by atoms with E-state index in [2.05, 4.69) is 12.6 Å². The Kier molecular flexibility index (Phi) is 3.64. The molecule has 1 atom stereocenters. The molecule has 8 heavy (non-hydrogen) atoms. The number of aliphatic hydroxyl groups excluding tert-OH is 1. The fraction of sp³-hybridized carbons (Fsp3) is 0.750. The predicted molar refractivity (Wildman–Crippen MR) is 32.1 cm³/mol. The third kappa shape index (κ3) is 3.95. The summed E-state index contributed by atoms with van der Waals surface area (Å²) >= 11 is 3.68. The average molecular weight is 136 g/mol. The van der Waals surface area contributed by atoms with E-state index >= 15 is 0 Å². The highest BCUT2D eigenvalue weighted by atomic mass is 32.1. The summed E-state index contributed by atoms with van der Waals surface area (Å²) in [5.74, 6) is -0.793. The number of carboxylic acids is 1. The smallest absolute Gasteiger partial charge is 0.306 e. The van der Waals surface area contributed by atoms with E-state index in [1.165, 1.54) is 0 Å². The number of hydrogen-bond acceptors (Lipinski definition) is 3. The molecule has 0 aliphatic carbocycles. The first-order valence-corrected chi connectivity index (χ1v) is 2.80. The van der Waals surface area contributed by atoms with Crippen LogP contribution in [0.2, 0.25) is 0 Å². The Balaban J connectivity index is 3.24. The summed E-state index contributed by atoms with van der Waals surface area (Å²) < 4.78 is 0. The van der Waals surface area contributed by atoms with Gasteiger partial charge in [-0.25, -0.2) is 0 Å². The van der Waals surface area contributed by atoms with Crippen LogP contribution >= 0.6 is 12.6 Å². The van der Waals surface area contributed by atoms with Crippen LogP contribution in [0.1, 0.15) is 6.42 Å². The van der Waals surface area contributed by atoms with E-state index in [4.69, 9.17) is 10.2 Å². The van der Waals surface area contributed by atoms with E-state index in [1.807, 2.05) is 0 Å². The van der Waals surface area contributed by atoms with Crippen LogP contribution in [0.5, 0.6) is 0 Å². The second-order valence-electron chi connectivity index (χ2n) is 1.43. The van der Waals surface area contributed by atoms with Crippen molar-refractivity contribution in [1.29, 1.82) is 0 Å². The molecule has 0 aliphatic rings. The number of aliphatic hydroxyl groups is 1. The minimum Gasteiger partial charge on any atom is -0.481 e. The molecule has 0 saturated carbocycles. The van der Waals surface area contributed by atoms with E-state index in [-0.39, 0.29) is 12.2 Å². The fourth-order valence-corrected chi connectivity index (χ4v) is 0.395. The minimum absolute atomic E-state index is 0.201. The first-order chi connectivity index (χ1) is 3.66. The third-order valence-electron chi connectivity index (χ3n) is 0.621. The number of carboxylic acid groups (broad SMARTS) is 1. The first kappa shape index (κ1) is 7.78. The predicted octanol–water partition coefficient (Wildman–Crippen LogP) is -0.248. The van der Waals surface area contributed by atoms with Crippen molar-refractivity contribution >= 4 is 18.6 Å². The van der Waals surface area contributed by atoms with Crippen LogP contribution < -0.4 is 0 Å². The van der Waals surface area contributed by atoms with E-state index in [0.717, 1.165) is 0 Å². The van der Waals surface area contributed by atoms with Crippen molar-refractivity contribution in [1.82, 2.24) is 0 Å². The van der Waals surface area contributed by atoms with Crippen molar-refractivity contribution in [3.63, 3.8) is 0 Å². The second kappa shape index (κ2) is 3.74. The van der Waals surface area contributed by atoms with E-state index in [1.54, 1.807) is 0 Å². The fourth-order valence-electron chi connectivity index (χ4n) is 0.266. The number of carbonyl (C=O) groups is 1. The molecule has 0 fully saturated rings. The quantitative estimate of drug-likeness (QED) is 0.469. The molecular weight excluding hydrogens is 128 g/mol. The van der Waals surface area contributed by atoms with Crippen LogP contribution in [0.25, 0.3) is 0 Å². The van der Waals surface area contributed by atoms with Gasteiger partial charge in [0.15, 0.2) is 0 Å². The largest absolute Gasteiger partial charge is 0.481 e. The monoisotopic (exact) mass is 136 g/mol. The molecule has 0 aromatic carbocycles. The van der Waals surface area contributed by atoms with E-state index in [9.17, 15) is 4.79 Å². The van der Waals surface area contributed by atoms with Gasteiger partial charge < -0.3 is 10.2 Å². The average Bonchev–Trinajstić information content (AvgIpc) is 1.65. The van der Waals surface area contributed by atoms with Crippen LogP contribution in [0.4, 0.5) is 0 Å². The van der Waals surface area contributed by atoms with Gasteiger partial charge >= 0.3 is 5.97 Å². The van der Waals surface area contributed by atoms with Gasteiger partial charge in [0.05, 0.1) is 12.5 Å². The molecule has 4 heteroatoms. The molecule has 1 unspecified atom stereocenters. The minimum atomic E-state index is -0.994. The maximum Gasteiger partial charge on any atom is 0.306 e. The van der Waals surface area contributed by atoms with Gasteiger partial charge in [0, 0.05) is 5.75 Å². The molecule has 0 radical (unpaired) electrons. The number of hydrogen-bond donors (Lipinski definition) is 3. The highest BCUT2D eigenvalue weighted by Crippen LogP contribution is 1.92. The van der Waals surface area contributed by atoms with Gasteiger partial charge in [-0.1, -0.05) is 0 Å². The molecule has 3 nitrogen and oxygen atoms in total. The molecule has 0 aliphatic heterocycles. The molecule has 0 heterocycles. The van der Waals surface area contributed by atoms with Crippen molar-refractivity contribution < 1.29 is 15.0 Å². The summed E-state index contributed by atoms with van der Waals surface area (Å²) in [6.07, 6.45) is -1.03. The lowest BCUT2D eigenvalue weighted by Gasteiger charge is -1.99. The maximum absolute atomic E-state index is 9.77. The highest BCUT2D eigenvalue weighted by Gasteiger charge is 2.05.